The Morgan fingerprint density at radius 1 is 1.46 bits per heavy atom. The van der Waals surface area contributed by atoms with E-state index in [2.05, 4.69) is 23.8 Å². The minimum Gasteiger partial charge on any atom is -0.383 e. The molecule has 0 aliphatic rings. The topological polar surface area (TPSA) is 51.8 Å². The predicted molar refractivity (Wildman–Crippen MR) is 55.9 cm³/mol. The molecule has 0 atom stereocenters. The molecule has 0 bridgehead atoms. The second-order valence-corrected chi connectivity index (χ2v) is 4.03. The van der Waals surface area contributed by atoms with Gasteiger partial charge in [-0.05, 0) is 18.9 Å². The summed E-state index contributed by atoms with van der Waals surface area (Å²) in [5.41, 5.74) is 7.02. The molecule has 68 valence electrons. The second-order valence-electron chi connectivity index (χ2n) is 2.94. The highest BCUT2D eigenvalue weighted by atomic mass is 32.1. The van der Waals surface area contributed by atoms with Crippen molar-refractivity contribution in [3.05, 3.63) is 16.8 Å². The zero-order valence-electron chi connectivity index (χ0n) is 7.66. The van der Waals surface area contributed by atoms with Gasteiger partial charge >= 0.3 is 0 Å². The Kier molecular flexibility index (Phi) is 1.92. The molecule has 0 fully saturated rings. The van der Waals surface area contributed by atoms with E-state index in [1.54, 1.807) is 11.3 Å². The second kappa shape index (κ2) is 2.96. The quantitative estimate of drug-likeness (QED) is 0.755. The molecule has 0 aliphatic carbocycles. The molecule has 0 saturated carbocycles. The van der Waals surface area contributed by atoms with Crippen LogP contribution in [0.5, 0.6) is 0 Å². The van der Waals surface area contributed by atoms with Crippen LogP contribution in [0, 0.1) is 6.92 Å². The van der Waals surface area contributed by atoms with Crippen LogP contribution in [0.4, 0.5) is 5.82 Å². The molecule has 3 nitrogen and oxygen atoms in total. The third-order valence-electron chi connectivity index (χ3n) is 2.18. The van der Waals surface area contributed by atoms with E-state index in [1.165, 1.54) is 16.8 Å². The smallest absolute Gasteiger partial charge is 0.135 e. The van der Waals surface area contributed by atoms with Crippen LogP contribution in [-0.4, -0.2) is 9.97 Å². The van der Waals surface area contributed by atoms with Gasteiger partial charge in [0.25, 0.3) is 0 Å². The first kappa shape index (κ1) is 8.44. The minimum atomic E-state index is 0.596. The molecule has 0 spiro atoms. The zero-order valence-corrected chi connectivity index (χ0v) is 8.48. The molecule has 2 N–H and O–H groups in total. The van der Waals surface area contributed by atoms with Crippen LogP contribution in [0.15, 0.2) is 6.33 Å². The van der Waals surface area contributed by atoms with Crippen LogP contribution >= 0.6 is 11.3 Å². The Labute approximate surface area is 80.6 Å². The monoisotopic (exact) mass is 193 g/mol. The molecular weight excluding hydrogens is 182 g/mol. The van der Waals surface area contributed by atoms with Crippen molar-refractivity contribution >= 4 is 27.4 Å². The molecule has 0 amide bonds. The average molecular weight is 193 g/mol. The number of anilines is 1. The van der Waals surface area contributed by atoms with E-state index in [-0.39, 0.29) is 0 Å². The fraction of sp³-hybridized carbons (Fsp3) is 0.333. The number of rotatable bonds is 1. The predicted octanol–water partition coefficient (Wildman–Crippen LogP) is 2.14. The summed E-state index contributed by atoms with van der Waals surface area (Å²) in [6.07, 6.45) is 2.55. The summed E-state index contributed by atoms with van der Waals surface area (Å²) in [4.78, 5) is 10.5. The van der Waals surface area contributed by atoms with Gasteiger partial charge in [-0.25, -0.2) is 9.97 Å². The van der Waals surface area contributed by atoms with E-state index in [1.807, 2.05) is 0 Å². The summed E-state index contributed by atoms with van der Waals surface area (Å²) >= 11 is 1.71. The standard InChI is InChI=1S/C9H11N3S/c1-3-6-5(2)7-8(10)11-4-12-9(7)13-6/h4H,3H2,1-2H3,(H2,10,11,12). The fourth-order valence-electron chi connectivity index (χ4n) is 1.48. The van der Waals surface area contributed by atoms with Crippen molar-refractivity contribution in [1.82, 2.24) is 9.97 Å². The van der Waals surface area contributed by atoms with Crippen LogP contribution in [0.3, 0.4) is 0 Å². The van der Waals surface area contributed by atoms with Gasteiger partial charge in [0.05, 0.1) is 5.39 Å². The Balaban J connectivity index is 2.85. The maximum Gasteiger partial charge on any atom is 0.135 e. The largest absolute Gasteiger partial charge is 0.383 e. The minimum absolute atomic E-state index is 0.596. The lowest BCUT2D eigenvalue weighted by atomic mass is 10.2. The van der Waals surface area contributed by atoms with Gasteiger partial charge in [0.1, 0.15) is 17.0 Å². The molecule has 2 rings (SSSR count). The van der Waals surface area contributed by atoms with Crippen molar-refractivity contribution in [2.24, 2.45) is 0 Å². The van der Waals surface area contributed by atoms with Gasteiger partial charge in [0.2, 0.25) is 0 Å². The van der Waals surface area contributed by atoms with Gasteiger partial charge in [-0.1, -0.05) is 6.92 Å². The van der Waals surface area contributed by atoms with E-state index < -0.39 is 0 Å². The van der Waals surface area contributed by atoms with Crippen LogP contribution in [0.2, 0.25) is 0 Å². The van der Waals surface area contributed by atoms with Crippen molar-refractivity contribution in [2.75, 3.05) is 5.73 Å². The van der Waals surface area contributed by atoms with Crippen LogP contribution in [0.25, 0.3) is 10.2 Å². The van der Waals surface area contributed by atoms with Gasteiger partial charge in [0.15, 0.2) is 0 Å². The molecule has 2 aromatic rings. The summed E-state index contributed by atoms with van der Waals surface area (Å²) in [5.74, 6) is 0.596. The molecule has 13 heavy (non-hydrogen) atoms. The van der Waals surface area contributed by atoms with Crippen molar-refractivity contribution < 1.29 is 0 Å². The molecule has 0 aromatic carbocycles. The number of aryl methyl sites for hydroxylation is 2. The highest BCUT2D eigenvalue weighted by Crippen LogP contribution is 2.31. The number of thiophene rings is 1. The third kappa shape index (κ3) is 1.18. The number of nitrogens with zero attached hydrogens (tertiary/aromatic N) is 2. The van der Waals surface area contributed by atoms with Crippen molar-refractivity contribution in [3.8, 4) is 0 Å². The molecule has 0 saturated heterocycles. The van der Waals surface area contributed by atoms with Crippen molar-refractivity contribution in [1.29, 1.82) is 0 Å². The van der Waals surface area contributed by atoms with E-state index in [0.29, 0.717) is 5.82 Å². The van der Waals surface area contributed by atoms with Crippen molar-refractivity contribution in [2.45, 2.75) is 20.3 Å². The Morgan fingerprint density at radius 3 is 2.85 bits per heavy atom. The molecule has 2 aromatic heterocycles. The van der Waals surface area contributed by atoms with E-state index in [9.17, 15) is 0 Å². The molecule has 0 unspecified atom stereocenters. The summed E-state index contributed by atoms with van der Waals surface area (Å²) < 4.78 is 0. The van der Waals surface area contributed by atoms with E-state index in [0.717, 1.165) is 16.6 Å². The van der Waals surface area contributed by atoms with Gasteiger partial charge < -0.3 is 5.73 Å². The van der Waals surface area contributed by atoms with Gasteiger partial charge in [0, 0.05) is 4.88 Å². The van der Waals surface area contributed by atoms with Gasteiger partial charge in [-0.15, -0.1) is 11.3 Å². The van der Waals surface area contributed by atoms with Gasteiger partial charge in [-0.2, -0.15) is 0 Å². The van der Waals surface area contributed by atoms with Crippen LogP contribution < -0.4 is 5.73 Å². The van der Waals surface area contributed by atoms with Crippen molar-refractivity contribution in [3.63, 3.8) is 0 Å². The Hall–Kier alpha value is -1.16. The highest BCUT2D eigenvalue weighted by Gasteiger charge is 2.10. The molecule has 4 heteroatoms. The number of aromatic nitrogens is 2. The van der Waals surface area contributed by atoms with Crippen LogP contribution in [0.1, 0.15) is 17.4 Å². The molecule has 0 aliphatic heterocycles. The maximum atomic E-state index is 5.78. The fourth-order valence-corrected chi connectivity index (χ4v) is 2.57. The summed E-state index contributed by atoms with van der Waals surface area (Å²) in [5, 5.41) is 1.03. The molecule has 2 heterocycles. The zero-order chi connectivity index (χ0) is 9.42. The first-order chi connectivity index (χ1) is 6.24. The van der Waals surface area contributed by atoms with E-state index >= 15 is 0 Å². The molecular formula is C9H11N3S. The number of fused-ring (bicyclic) bond motifs is 1. The number of hydrogen-bond donors (Lipinski definition) is 1. The third-order valence-corrected chi connectivity index (χ3v) is 3.52. The van der Waals surface area contributed by atoms with Crippen LogP contribution in [-0.2, 0) is 6.42 Å². The number of nitrogen functional groups attached to an aromatic ring is 1. The average Bonchev–Trinajstić information content (AvgIpc) is 2.44. The Bertz CT molecular complexity index is 447. The number of nitrogens with two attached hydrogens (primary N) is 1. The number of hydrogen-bond acceptors (Lipinski definition) is 4. The molecule has 0 radical (unpaired) electrons. The normalized spacial score (nSPS) is 10.9. The Morgan fingerprint density at radius 2 is 2.23 bits per heavy atom. The van der Waals surface area contributed by atoms with E-state index in [4.69, 9.17) is 5.73 Å². The maximum absolute atomic E-state index is 5.78. The lowest BCUT2D eigenvalue weighted by molar-refractivity contribution is 1.16. The summed E-state index contributed by atoms with van der Waals surface area (Å²) in [7, 11) is 0. The first-order valence-corrected chi connectivity index (χ1v) is 5.04. The van der Waals surface area contributed by atoms with Gasteiger partial charge in [-0.3, -0.25) is 0 Å². The lowest BCUT2D eigenvalue weighted by Gasteiger charge is -1.95. The SMILES string of the molecule is CCc1sc2ncnc(N)c2c1C. The summed E-state index contributed by atoms with van der Waals surface area (Å²) in [6.45, 7) is 4.22. The summed E-state index contributed by atoms with van der Waals surface area (Å²) in [6, 6.07) is 0. The lowest BCUT2D eigenvalue weighted by Crippen LogP contribution is -1.91. The first-order valence-electron chi connectivity index (χ1n) is 4.22. The highest BCUT2D eigenvalue weighted by molar-refractivity contribution is 7.18.